The van der Waals surface area contributed by atoms with Crippen molar-refractivity contribution < 1.29 is 9.53 Å². The number of alkyl halides is 1. The smallest absolute Gasteiger partial charge is 0.290 e. The van der Waals surface area contributed by atoms with Crippen LogP contribution in [-0.2, 0) is 9.53 Å². The van der Waals surface area contributed by atoms with Gasteiger partial charge in [-0.1, -0.05) is 0 Å². The molecule has 78 valence electrons. The van der Waals surface area contributed by atoms with Crippen molar-refractivity contribution in [2.24, 2.45) is 10.2 Å². The zero-order valence-electron chi connectivity index (χ0n) is 8.11. The third-order valence-electron chi connectivity index (χ3n) is 1.62. The van der Waals surface area contributed by atoms with E-state index < -0.39 is 11.3 Å². The van der Waals surface area contributed by atoms with Gasteiger partial charge in [0.15, 0.2) is 5.38 Å². The number of ether oxygens (including phenoxy) is 1. The molecule has 1 atom stereocenters. The predicted molar refractivity (Wildman–Crippen MR) is 52.1 cm³/mol. The van der Waals surface area contributed by atoms with E-state index in [-0.39, 0.29) is 0 Å². The summed E-state index contributed by atoms with van der Waals surface area (Å²) in [5.74, 6) is -0.109. The number of azo groups is 1. The Hall–Kier alpha value is -0.940. The van der Waals surface area contributed by atoms with E-state index in [1.54, 1.807) is 0 Å². The summed E-state index contributed by atoms with van der Waals surface area (Å²) < 4.78 is 5.29. The van der Waals surface area contributed by atoms with Crippen molar-refractivity contribution in [2.45, 2.75) is 5.38 Å². The van der Waals surface area contributed by atoms with Crippen molar-refractivity contribution in [1.29, 1.82) is 0 Å². The Morgan fingerprint density at radius 3 is 3.00 bits per heavy atom. The van der Waals surface area contributed by atoms with E-state index in [0.717, 1.165) is 6.54 Å². The molecule has 0 saturated heterocycles. The highest BCUT2D eigenvalue weighted by molar-refractivity contribution is 6.32. The molecular formula is C8H12ClN3O2. The lowest BCUT2D eigenvalue weighted by Crippen LogP contribution is -2.23. The Morgan fingerprint density at radius 2 is 2.36 bits per heavy atom. The molecule has 0 saturated carbocycles. The highest BCUT2D eigenvalue weighted by atomic mass is 35.5. The van der Waals surface area contributed by atoms with E-state index in [2.05, 4.69) is 10.2 Å². The summed E-state index contributed by atoms with van der Waals surface area (Å²) in [6.07, 6.45) is 1.37. The lowest BCUT2D eigenvalue weighted by Gasteiger charge is -2.15. The van der Waals surface area contributed by atoms with Crippen molar-refractivity contribution in [3.05, 3.63) is 12.0 Å². The number of nitrogens with zero attached hydrogens (tertiary/aromatic N) is 3. The maximum Gasteiger partial charge on any atom is 0.290 e. The van der Waals surface area contributed by atoms with Gasteiger partial charge in [0.2, 0.25) is 0 Å². The molecule has 6 heteroatoms. The Balaban J connectivity index is 2.40. The van der Waals surface area contributed by atoms with Gasteiger partial charge in [-0.2, -0.15) is 5.11 Å². The van der Waals surface area contributed by atoms with Gasteiger partial charge in [0, 0.05) is 6.54 Å². The van der Waals surface area contributed by atoms with Crippen LogP contribution in [0.3, 0.4) is 0 Å². The number of rotatable bonds is 4. The number of carbonyl (C=O) groups excluding carboxylic acids is 1. The average Bonchev–Trinajstić information content (AvgIpc) is 2.12. The van der Waals surface area contributed by atoms with Crippen LogP contribution in [0.1, 0.15) is 0 Å². The normalized spacial score (nSPS) is 21.3. The first-order valence-electron chi connectivity index (χ1n) is 4.17. The van der Waals surface area contributed by atoms with Crippen LogP contribution in [0, 0.1) is 0 Å². The molecule has 0 spiro atoms. The zero-order valence-corrected chi connectivity index (χ0v) is 8.86. The summed E-state index contributed by atoms with van der Waals surface area (Å²) in [5, 5.41) is 5.95. The molecule has 0 radical (unpaired) electrons. The van der Waals surface area contributed by atoms with Crippen LogP contribution in [-0.4, -0.2) is 43.4 Å². The Bertz CT molecular complexity index is 276. The van der Waals surface area contributed by atoms with Gasteiger partial charge in [-0.25, -0.2) is 0 Å². The molecule has 0 N–H and O–H groups in total. The van der Waals surface area contributed by atoms with Gasteiger partial charge < -0.3 is 9.64 Å². The van der Waals surface area contributed by atoms with E-state index in [1.165, 1.54) is 6.20 Å². The van der Waals surface area contributed by atoms with E-state index >= 15 is 0 Å². The molecule has 1 rings (SSSR count). The second-order valence-electron chi connectivity index (χ2n) is 3.10. The Labute approximate surface area is 87.4 Å². The minimum absolute atomic E-state index is 0.369. The Kier molecular flexibility index (Phi) is 4.03. The molecule has 0 aromatic rings. The summed E-state index contributed by atoms with van der Waals surface area (Å²) in [5.41, 5.74) is 0. The van der Waals surface area contributed by atoms with Crippen LogP contribution in [0.15, 0.2) is 22.2 Å². The molecule has 0 aliphatic carbocycles. The van der Waals surface area contributed by atoms with Gasteiger partial charge in [-0.05, 0) is 14.1 Å². The van der Waals surface area contributed by atoms with Crippen LogP contribution < -0.4 is 0 Å². The van der Waals surface area contributed by atoms with Gasteiger partial charge >= 0.3 is 0 Å². The van der Waals surface area contributed by atoms with Gasteiger partial charge in [-0.3, -0.25) is 4.79 Å². The largest absolute Gasteiger partial charge is 0.493 e. The summed E-state index contributed by atoms with van der Waals surface area (Å²) in [6.45, 7) is 1.23. The quantitative estimate of drug-likeness (QED) is 0.661. The number of hydrogen-bond donors (Lipinski definition) is 0. The Morgan fingerprint density at radius 1 is 1.64 bits per heavy atom. The zero-order chi connectivity index (χ0) is 10.6. The standard InChI is InChI=1S/C8H12ClN3O2/c1-12(2)3-4-14-6-5-10-11-8(13)7(6)9/h5,7H,3-4H2,1-2H3. The molecule has 5 nitrogen and oxygen atoms in total. The first-order chi connectivity index (χ1) is 6.61. The van der Waals surface area contributed by atoms with Crippen molar-refractivity contribution in [2.75, 3.05) is 27.2 Å². The number of likely N-dealkylation sites (N-methyl/N-ethyl adjacent to an activating group) is 1. The van der Waals surface area contributed by atoms with E-state index in [1.807, 2.05) is 19.0 Å². The minimum Gasteiger partial charge on any atom is -0.493 e. The molecule has 1 amide bonds. The maximum absolute atomic E-state index is 11.0. The molecule has 0 aromatic carbocycles. The summed E-state index contributed by atoms with van der Waals surface area (Å²) >= 11 is 5.74. The first-order valence-corrected chi connectivity index (χ1v) is 4.61. The first kappa shape index (κ1) is 11.1. The maximum atomic E-state index is 11.0. The molecule has 1 unspecified atom stereocenters. The van der Waals surface area contributed by atoms with Crippen LogP contribution in [0.5, 0.6) is 0 Å². The SMILES string of the molecule is CN(C)CCOC1=CN=NC(=O)C1Cl. The fourth-order valence-corrected chi connectivity index (χ4v) is 1.000. The van der Waals surface area contributed by atoms with Crippen LogP contribution in [0.25, 0.3) is 0 Å². The molecule has 1 aliphatic rings. The number of halogens is 1. The molecule has 1 aliphatic heterocycles. The van der Waals surface area contributed by atoms with E-state index in [9.17, 15) is 4.79 Å². The van der Waals surface area contributed by atoms with Gasteiger partial charge in [0.05, 0.1) is 6.20 Å². The molecule has 14 heavy (non-hydrogen) atoms. The minimum atomic E-state index is -0.824. The highest BCUT2D eigenvalue weighted by Gasteiger charge is 2.24. The number of carbonyl (C=O) groups is 1. The summed E-state index contributed by atoms with van der Waals surface area (Å²) in [4.78, 5) is 12.9. The monoisotopic (exact) mass is 217 g/mol. The second-order valence-corrected chi connectivity index (χ2v) is 3.54. The predicted octanol–water partition coefficient (Wildman–Crippen LogP) is 1.01. The van der Waals surface area contributed by atoms with Gasteiger partial charge in [0.1, 0.15) is 12.4 Å². The van der Waals surface area contributed by atoms with E-state index in [0.29, 0.717) is 12.4 Å². The van der Waals surface area contributed by atoms with Crippen LogP contribution in [0.4, 0.5) is 0 Å². The topological polar surface area (TPSA) is 54.3 Å². The van der Waals surface area contributed by atoms with Crippen LogP contribution >= 0.6 is 11.6 Å². The van der Waals surface area contributed by atoms with Gasteiger partial charge in [0.25, 0.3) is 5.91 Å². The van der Waals surface area contributed by atoms with Crippen molar-refractivity contribution in [3.63, 3.8) is 0 Å². The summed E-state index contributed by atoms with van der Waals surface area (Å²) in [7, 11) is 3.86. The van der Waals surface area contributed by atoms with Gasteiger partial charge in [-0.15, -0.1) is 16.7 Å². The third-order valence-corrected chi connectivity index (χ3v) is 2.02. The molecule has 0 bridgehead atoms. The number of amides is 1. The third kappa shape index (κ3) is 3.08. The number of hydrogen-bond acceptors (Lipinski definition) is 4. The van der Waals surface area contributed by atoms with Crippen molar-refractivity contribution in [3.8, 4) is 0 Å². The van der Waals surface area contributed by atoms with Crippen molar-refractivity contribution >= 4 is 17.5 Å². The second kappa shape index (κ2) is 5.07. The fourth-order valence-electron chi connectivity index (χ4n) is 0.837. The van der Waals surface area contributed by atoms with E-state index in [4.69, 9.17) is 16.3 Å². The highest BCUT2D eigenvalue weighted by Crippen LogP contribution is 2.17. The summed E-state index contributed by atoms with van der Waals surface area (Å²) in [6, 6.07) is 0. The van der Waals surface area contributed by atoms with Crippen LogP contribution in [0.2, 0.25) is 0 Å². The molecule has 0 fully saturated rings. The average molecular weight is 218 g/mol. The molecular weight excluding hydrogens is 206 g/mol. The van der Waals surface area contributed by atoms with Crippen molar-refractivity contribution in [1.82, 2.24) is 4.90 Å². The fraction of sp³-hybridized carbons (Fsp3) is 0.625. The lowest BCUT2D eigenvalue weighted by molar-refractivity contribution is -0.118. The molecule has 1 heterocycles. The molecule has 0 aromatic heterocycles. The lowest BCUT2D eigenvalue weighted by atomic mass is 10.3.